The number of carbonyl (C=O) groups excluding carboxylic acids is 2. The number of hydrogen-bond acceptors (Lipinski definition) is 9. The lowest BCUT2D eigenvalue weighted by Gasteiger charge is -2.35. The average molecular weight is 546 g/mol. The van der Waals surface area contributed by atoms with Crippen molar-refractivity contribution in [2.24, 2.45) is 0 Å². The van der Waals surface area contributed by atoms with E-state index in [4.69, 9.17) is 4.74 Å². The monoisotopic (exact) mass is 546 g/mol. The van der Waals surface area contributed by atoms with Crippen molar-refractivity contribution < 1.29 is 42.2 Å². The zero-order chi connectivity index (χ0) is 27.9. The number of amides is 2. The largest absolute Gasteiger partial charge is 0.507 e. The fourth-order valence-electron chi connectivity index (χ4n) is 4.22. The third kappa shape index (κ3) is 4.95. The van der Waals surface area contributed by atoms with Gasteiger partial charge in [-0.05, 0) is 19.1 Å². The minimum absolute atomic E-state index is 0.0130. The standard InChI is InChI=1S/C24H21F3N6O6/c1-13(34)22(36)31-6-8-32(9-7-31)23(37)15-3-2-14(10-18(15)35)39-21-20-29-11-17(33(20)5-4-28-21)16-12-38-30-19(16)24(25,26)27/h2-5,10-13,34-35H,6-9H2,1H3/t13-/m1/s1. The number of benzene rings is 1. The number of ether oxygens (including phenoxy) is 1. The summed E-state index contributed by atoms with van der Waals surface area (Å²) in [7, 11) is 0. The van der Waals surface area contributed by atoms with E-state index >= 15 is 0 Å². The number of aromatic nitrogens is 4. The van der Waals surface area contributed by atoms with Crippen molar-refractivity contribution in [3.63, 3.8) is 0 Å². The molecule has 3 aromatic heterocycles. The fourth-order valence-corrected chi connectivity index (χ4v) is 4.22. The SMILES string of the molecule is C[C@@H](O)C(=O)N1CCN(C(=O)c2ccc(Oc3nccn4c(-c5conc5C(F)(F)F)cnc34)cc2O)CC1. The van der Waals surface area contributed by atoms with E-state index in [1.165, 1.54) is 57.9 Å². The highest BCUT2D eigenvalue weighted by Crippen LogP contribution is 2.37. The van der Waals surface area contributed by atoms with Crippen molar-refractivity contribution in [2.75, 3.05) is 26.2 Å². The van der Waals surface area contributed by atoms with Crippen LogP contribution in [0.5, 0.6) is 17.4 Å². The first-order chi connectivity index (χ1) is 18.5. The molecule has 4 aromatic rings. The molecule has 4 heterocycles. The van der Waals surface area contributed by atoms with E-state index in [1.54, 1.807) is 0 Å². The third-order valence-corrected chi connectivity index (χ3v) is 6.16. The van der Waals surface area contributed by atoms with Gasteiger partial charge in [0.2, 0.25) is 5.65 Å². The van der Waals surface area contributed by atoms with Gasteiger partial charge in [-0.3, -0.25) is 14.0 Å². The molecule has 0 unspecified atom stereocenters. The molecule has 0 radical (unpaired) electrons. The summed E-state index contributed by atoms with van der Waals surface area (Å²) < 4.78 is 51.5. The second-order valence-corrected chi connectivity index (χ2v) is 8.72. The van der Waals surface area contributed by atoms with Gasteiger partial charge in [0.25, 0.3) is 17.7 Å². The summed E-state index contributed by atoms with van der Waals surface area (Å²) in [5.41, 5.74) is -1.37. The number of phenols is 1. The highest BCUT2D eigenvalue weighted by atomic mass is 19.4. The Labute approximate surface area is 217 Å². The minimum Gasteiger partial charge on any atom is -0.507 e. The summed E-state index contributed by atoms with van der Waals surface area (Å²) in [4.78, 5) is 36.0. The number of aromatic hydroxyl groups is 1. The number of rotatable bonds is 5. The Morgan fingerprint density at radius 3 is 2.51 bits per heavy atom. The van der Waals surface area contributed by atoms with Crippen LogP contribution in [0.25, 0.3) is 16.9 Å². The third-order valence-electron chi connectivity index (χ3n) is 6.16. The molecule has 1 fully saturated rings. The lowest BCUT2D eigenvalue weighted by molar-refractivity contribution is -0.142. The number of halogens is 3. The Bertz CT molecular complexity index is 1540. The van der Waals surface area contributed by atoms with Gasteiger partial charge in [0.1, 0.15) is 23.9 Å². The summed E-state index contributed by atoms with van der Waals surface area (Å²) in [5.74, 6) is -1.19. The summed E-state index contributed by atoms with van der Waals surface area (Å²) in [6, 6.07) is 4.00. The van der Waals surface area contributed by atoms with Crippen molar-refractivity contribution in [3.8, 4) is 28.6 Å². The van der Waals surface area contributed by atoms with E-state index in [1.807, 2.05) is 0 Å². The molecule has 1 atom stereocenters. The molecule has 5 rings (SSSR count). The van der Waals surface area contributed by atoms with Gasteiger partial charge in [0, 0.05) is 44.6 Å². The van der Waals surface area contributed by atoms with Gasteiger partial charge < -0.3 is 29.3 Å². The smallest absolute Gasteiger partial charge is 0.437 e. The number of aliphatic hydroxyl groups excluding tert-OH is 1. The lowest BCUT2D eigenvalue weighted by Crippen LogP contribution is -2.52. The van der Waals surface area contributed by atoms with Crippen LogP contribution in [0.1, 0.15) is 23.0 Å². The first-order valence-corrected chi connectivity index (χ1v) is 11.7. The number of phenolic OH excluding ortho intramolecular Hbond substituents is 1. The van der Waals surface area contributed by atoms with Crippen LogP contribution in [0.15, 0.2) is 47.6 Å². The molecule has 1 aromatic carbocycles. The van der Waals surface area contributed by atoms with E-state index in [2.05, 4.69) is 19.6 Å². The molecule has 0 saturated carbocycles. The topological polar surface area (TPSA) is 147 Å². The number of alkyl halides is 3. The quantitative estimate of drug-likeness (QED) is 0.386. The molecule has 15 heteroatoms. The van der Waals surface area contributed by atoms with Gasteiger partial charge in [-0.1, -0.05) is 5.16 Å². The zero-order valence-corrected chi connectivity index (χ0v) is 20.3. The normalized spacial score (nSPS) is 15.0. The molecule has 2 N–H and O–H groups in total. The molecule has 0 aliphatic carbocycles. The van der Waals surface area contributed by atoms with Gasteiger partial charge in [-0.15, -0.1) is 0 Å². The number of piperazine rings is 1. The molecule has 0 spiro atoms. The van der Waals surface area contributed by atoms with E-state index < -0.39 is 29.8 Å². The fraction of sp³-hybridized carbons (Fsp3) is 0.292. The molecule has 12 nitrogen and oxygen atoms in total. The predicted octanol–water partition coefficient (Wildman–Crippen LogP) is 2.57. The van der Waals surface area contributed by atoms with Gasteiger partial charge in [-0.25, -0.2) is 9.97 Å². The van der Waals surface area contributed by atoms with E-state index in [-0.39, 0.29) is 66.0 Å². The van der Waals surface area contributed by atoms with Crippen LogP contribution in [-0.4, -0.2) is 83.6 Å². The number of fused-ring (bicyclic) bond motifs is 1. The Balaban J connectivity index is 1.34. The van der Waals surface area contributed by atoms with Crippen LogP contribution >= 0.6 is 0 Å². The lowest BCUT2D eigenvalue weighted by atomic mass is 10.1. The minimum atomic E-state index is -4.74. The van der Waals surface area contributed by atoms with Crippen molar-refractivity contribution in [1.29, 1.82) is 0 Å². The number of imidazole rings is 1. The number of carbonyl (C=O) groups is 2. The highest BCUT2D eigenvalue weighted by Gasteiger charge is 2.38. The molecule has 2 amide bonds. The van der Waals surface area contributed by atoms with Crippen LogP contribution < -0.4 is 4.74 Å². The van der Waals surface area contributed by atoms with E-state index in [9.17, 15) is 33.0 Å². The zero-order valence-electron chi connectivity index (χ0n) is 20.3. The molecule has 1 saturated heterocycles. The second-order valence-electron chi connectivity index (χ2n) is 8.72. The van der Waals surface area contributed by atoms with Gasteiger partial charge in [0.05, 0.1) is 23.0 Å². The van der Waals surface area contributed by atoms with Crippen LogP contribution in [0.4, 0.5) is 13.2 Å². The van der Waals surface area contributed by atoms with Crippen LogP contribution in [0.3, 0.4) is 0 Å². The molecule has 1 aliphatic heterocycles. The van der Waals surface area contributed by atoms with Gasteiger partial charge in [-0.2, -0.15) is 13.2 Å². The number of aliphatic hydroxyl groups is 1. The molecule has 1 aliphatic rings. The van der Waals surface area contributed by atoms with Crippen molar-refractivity contribution in [2.45, 2.75) is 19.2 Å². The van der Waals surface area contributed by atoms with Crippen LogP contribution in [0, 0.1) is 0 Å². The number of hydrogen-bond donors (Lipinski definition) is 2. The summed E-state index contributed by atoms with van der Waals surface area (Å²) in [5, 5.41) is 23.1. The number of nitrogens with zero attached hydrogens (tertiary/aromatic N) is 6. The second kappa shape index (κ2) is 9.90. The molecular weight excluding hydrogens is 525 g/mol. The Morgan fingerprint density at radius 1 is 1.13 bits per heavy atom. The van der Waals surface area contributed by atoms with Crippen molar-refractivity contribution in [3.05, 3.63) is 54.3 Å². The first-order valence-electron chi connectivity index (χ1n) is 11.7. The molecule has 39 heavy (non-hydrogen) atoms. The molecule has 0 bridgehead atoms. The summed E-state index contributed by atoms with van der Waals surface area (Å²) in [6.07, 6.45) is -1.11. The Kier molecular flexibility index (Phi) is 6.59. The average Bonchev–Trinajstić information content (AvgIpc) is 3.56. The Morgan fingerprint density at radius 2 is 1.85 bits per heavy atom. The van der Waals surface area contributed by atoms with E-state index in [0.717, 1.165) is 6.26 Å². The van der Waals surface area contributed by atoms with Gasteiger partial charge in [0.15, 0.2) is 5.69 Å². The van der Waals surface area contributed by atoms with E-state index in [0.29, 0.717) is 0 Å². The summed E-state index contributed by atoms with van der Waals surface area (Å²) >= 11 is 0. The van der Waals surface area contributed by atoms with Crippen molar-refractivity contribution >= 4 is 17.5 Å². The first kappa shape index (κ1) is 26.0. The van der Waals surface area contributed by atoms with Crippen LogP contribution in [-0.2, 0) is 11.0 Å². The van der Waals surface area contributed by atoms with Crippen LogP contribution in [0.2, 0.25) is 0 Å². The predicted molar refractivity (Wildman–Crippen MR) is 126 cm³/mol. The van der Waals surface area contributed by atoms with Gasteiger partial charge >= 0.3 is 6.18 Å². The van der Waals surface area contributed by atoms with Crippen molar-refractivity contribution in [1.82, 2.24) is 29.3 Å². The maximum Gasteiger partial charge on any atom is 0.437 e. The summed E-state index contributed by atoms with van der Waals surface area (Å²) in [6.45, 7) is 2.33. The maximum atomic E-state index is 13.3. The molecular formula is C24H21F3N6O6. The molecule has 204 valence electrons. The Hall–Kier alpha value is -4.66. The maximum absolute atomic E-state index is 13.3. The highest BCUT2D eigenvalue weighted by molar-refractivity contribution is 5.97.